The summed E-state index contributed by atoms with van der Waals surface area (Å²) >= 11 is -0.133. The van der Waals surface area contributed by atoms with Gasteiger partial charge in [0.2, 0.25) is 0 Å². The fraction of sp³-hybridized carbons (Fsp3) is 0.667. The number of rotatable bonds is 13. The summed E-state index contributed by atoms with van der Waals surface area (Å²) in [6.07, 6.45) is -5.99. The maximum Gasteiger partial charge on any atom is 0.393 e. The van der Waals surface area contributed by atoms with Crippen molar-refractivity contribution in [2.45, 2.75) is 68.7 Å². The first-order chi connectivity index (χ1) is 19.5. The minimum atomic E-state index is -8.69. The lowest BCUT2D eigenvalue weighted by Gasteiger charge is -2.42. The molecular weight excluding hydrogens is 680 g/mol. The Hall–Kier alpha value is -3.01. The molecule has 254 valence electrons. The summed E-state index contributed by atoms with van der Waals surface area (Å²) in [7, 11) is 0.635. The number of hydrogen-bond donors (Lipinski definition) is 1. The van der Waals surface area contributed by atoms with Gasteiger partial charge in [0.25, 0.3) is 5.91 Å². The van der Waals surface area contributed by atoms with Crippen molar-refractivity contribution in [3.8, 4) is 0 Å². The summed E-state index contributed by atoms with van der Waals surface area (Å²) < 4.78 is 222. The number of alkyl halides is 16. The van der Waals surface area contributed by atoms with Gasteiger partial charge in [-0.05, 0) is 26.3 Å². The first-order valence-electron chi connectivity index (χ1n) is 11.3. The lowest BCUT2D eigenvalue weighted by molar-refractivity contribution is -0.443. The van der Waals surface area contributed by atoms with Crippen LogP contribution in [0.1, 0.15) is 39.4 Å². The zero-order valence-corrected chi connectivity index (χ0v) is 22.8. The first-order valence-corrected chi connectivity index (χ1v) is 12.1. The maximum absolute atomic E-state index is 14.4. The van der Waals surface area contributed by atoms with Crippen molar-refractivity contribution in [1.82, 2.24) is 4.90 Å². The highest BCUT2D eigenvalue weighted by Gasteiger charge is 2.94. The highest BCUT2D eigenvalue weighted by Crippen LogP contribution is 2.62. The van der Waals surface area contributed by atoms with Crippen molar-refractivity contribution in [3.05, 3.63) is 16.0 Å². The molecule has 1 aromatic rings. The van der Waals surface area contributed by atoms with Gasteiger partial charge in [0.1, 0.15) is 5.00 Å². The Morgan fingerprint density at radius 2 is 1.18 bits per heavy atom. The van der Waals surface area contributed by atoms with Crippen molar-refractivity contribution < 1.29 is 89.4 Å². The largest absolute Gasteiger partial charge is 0.465 e. The Morgan fingerprint density at radius 1 is 0.773 bits per heavy atom. The van der Waals surface area contributed by atoms with Crippen molar-refractivity contribution in [1.29, 1.82) is 0 Å². The smallest absolute Gasteiger partial charge is 0.393 e. The van der Waals surface area contributed by atoms with Gasteiger partial charge in [-0.15, -0.1) is 11.3 Å². The Balaban J connectivity index is 3.74. The minimum absolute atomic E-state index is 0.0254. The average molecular weight is 698 g/mol. The van der Waals surface area contributed by atoms with E-state index in [0.29, 0.717) is 7.11 Å². The Morgan fingerprint density at radius 3 is 1.57 bits per heavy atom. The van der Waals surface area contributed by atoms with Crippen LogP contribution in [0.4, 0.5) is 75.2 Å². The fourth-order valence-electron chi connectivity index (χ4n) is 3.27. The van der Waals surface area contributed by atoms with Gasteiger partial charge in [0.15, 0.2) is 0 Å². The Bertz CT molecular complexity index is 1260. The van der Waals surface area contributed by atoms with E-state index in [0.717, 1.165) is 17.1 Å². The van der Waals surface area contributed by atoms with Gasteiger partial charge >= 0.3 is 59.8 Å². The number of hydrogen-bond acceptors (Lipinski definition) is 5. The van der Waals surface area contributed by atoms with Crippen molar-refractivity contribution in [3.63, 3.8) is 0 Å². The van der Waals surface area contributed by atoms with Crippen LogP contribution in [0.2, 0.25) is 0 Å². The van der Waals surface area contributed by atoms with E-state index in [-0.39, 0.29) is 24.4 Å². The van der Waals surface area contributed by atoms with Crippen LogP contribution in [-0.2, 0) is 9.53 Å². The molecule has 0 spiro atoms. The minimum Gasteiger partial charge on any atom is -0.465 e. The van der Waals surface area contributed by atoms with E-state index in [2.05, 4.69) is 4.74 Å². The van der Waals surface area contributed by atoms with Crippen LogP contribution in [0.5, 0.6) is 0 Å². The zero-order valence-electron chi connectivity index (χ0n) is 22.0. The molecule has 0 aliphatic carbocycles. The lowest BCUT2D eigenvalue weighted by atomic mass is 9.89. The van der Waals surface area contributed by atoms with Crippen LogP contribution in [-0.4, -0.2) is 90.8 Å². The molecule has 0 unspecified atom stereocenters. The summed E-state index contributed by atoms with van der Waals surface area (Å²) in [5, 5.41) is -0.599. The topological polar surface area (TPSA) is 75.7 Å². The number of anilines is 1. The molecule has 0 atom stereocenters. The van der Waals surface area contributed by atoms with E-state index < -0.39 is 86.7 Å². The van der Waals surface area contributed by atoms with Crippen molar-refractivity contribution >= 4 is 34.1 Å². The van der Waals surface area contributed by atoms with E-state index in [4.69, 9.17) is 0 Å². The van der Waals surface area contributed by atoms with E-state index >= 15 is 0 Å². The predicted octanol–water partition coefficient (Wildman–Crippen LogP) is 6.98. The number of carbonyl (C=O) groups excluding carboxylic acids is 3. The van der Waals surface area contributed by atoms with Gasteiger partial charge in [0.05, 0.1) is 17.6 Å². The Kier molecular flexibility index (Phi) is 10.7. The second-order valence-electron chi connectivity index (χ2n) is 8.55. The SMILES string of the molecule is CCN(CC)C(=O)c1sc(NC(=O)C(F)(F)C(F)(F)C(F)(F)C(F)(F)C(F)(F)C(F)(F)C(F)(F)C(F)F)c(C(=O)OC)c1C. The number of esters is 1. The molecule has 1 N–H and O–H groups in total. The third-order valence-electron chi connectivity index (χ3n) is 5.96. The summed E-state index contributed by atoms with van der Waals surface area (Å²) in [5.41, 5.74) is -1.53. The van der Waals surface area contributed by atoms with Gasteiger partial charge < -0.3 is 15.0 Å². The molecule has 0 saturated heterocycles. The number of thiophene rings is 1. The maximum atomic E-state index is 14.4. The van der Waals surface area contributed by atoms with Crippen LogP contribution in [0.3, 0.4) is 0 Å². The van der Waals surface area contributed by atoms with E-state index in [1.807, 2.05) is 0 Å². The molecule has 2 amide bonds. The first kappa shape index (κ1) is 39.0. The normalized spacial score (nSPS) is 14.1. The monoisotopic (exact) mass is 698 g/mol. The Labute approximate surface area is 239 Å². The molecule has 1 heterocycles. The molecule has 0 bridgehead atoms. The number of carbonyl (C=O) groups is 3. The van der Waals surface area contributed by atoms with E-state index in [1.54, 1.807) is 0 Å². The van der Waals surface area contributed by atoms with Gasteiger partial charge in [-0.25, -0.2) is 13.6 Å². The van der Waals surface area contributed by atoms with Crippen LogP contribution in [0.15, 0.2) is 0 Å². The number of methoxy groups -OCH3 is 1. The quantitative estimate of drug-likeness (QED) is 0.178. The summed E-state index contributed by atoms with van der Waals surface area (Å²) in [6, 6.07) is 0. The van der Waals surface area contributed by atoms with Crippen LogP contribution >= 0.6 is 11.3 Å². The third-order valence-corrected chi connectivity index (χ3v) is 7.15. The number of ether oxygens (including phenoxy) is 1. The molecule has 0 aliphatic heterocycles. The van der Waals surface area contributed by atoms with Gasteiger partial charge in [-0.2, -0.15) is 61.5 Å². The molecule has 44 heavy (non-hydrogen) atoms. The lowest BCUT2D eigenvalue weighted by Crippen LogP contribution is -2.74. The van der Waals surface area contributed by atoms with Crippen LogP contribution in [0, 0.1) is 6.92 Å². The van der Waals surface area contributed by atoms with Crippen LogP contribution < -0.4 is 5.32 Å². The third kappa shape index (κ3) is 5.52. The fourth-order valence-corrected chi connectivity index (χ4v) is 4.42. The molecule has 0 radical (unpaired) electrons. The van der Waals surface area contributed by atoms with E-state index in [1.165, 1.54) is 13.8 Å². The molecule has 0 saturated carbocycles. The number of halogens is 16. The highest BCUT2D eigenvalue weighted by molar-refractivity contribution is 7.18. The number of nitrogens with one attached hydrogen (secondary N) is 1. The van der Waals surface area contributed by atoms with Gasteiger partial charge in [0, 0.05) is 13.1 Å². The van der Waals surface area contributed by atoms with Gasteiger partial charge in [-0.3, -0.25) is 9.59 Å². The second kappa shape index (κ2) is 12.1. The molecule has 1 rings (SSSR count). The predicted molar refractivity (Wildman–Crippen MR) is 117 cm³/mol. The molecule has 1 aromatic heterocycles. The standard InChI is InChI=1S/C21H18F16N2O4S/c1-5-39(6-2)11(40)9-7(3)8(12(41)43-4)10(44-9)38-14(42)16(26,27)18(30,31)20(34,35)21(36,37)19(32,33)17(28,29)15(24,25)13(22)23/h13H,5-6H2,1-4H3,(H,38,42). The highest BCUT2D eigenvalue weighted by atomic mass is 32.1. The summed E-state index contributed by atoms with van der Waals surface area (Å²) in [5.74, 6) is -63.6. The molecule has 0 fully saturated rings. The number of nitrogens with zero attached hydrogens (tertiary/aromatic N) is 1. The molecular formula is C21H18F16N2O4S. The molecule has 23 heteroatoms. The molecule has 6 nitrogen and oxygen atoms in total. The van der Waals surface area contributed by atoms with Gasteiger partial charge in [-0.1, -0.05) is 0 Å². The molecule has 0 aliphatic rings. The number of amides is 2. The van der Waals surface area contributed by atoms with E-state index in [9.17, 15) is 84.6 Å². The average Bonchev–Trinajstić information content (AvgIpc) is 3.23. The zero-order chi connectivity index (χ0) is 35.2. The summed E-state index contributed by atoms with van der Waals surface area (Å²) in [4.78, 5) is 37.3. The van der Waals surface area contributed by atoms with Crippen LogP contribution in [0.25, 0.3) is 0 Å². The van der Waals surface area contributed by atoms with Crippen molar-refractivity contribution in [2.75, 3.05) is 25.5 Å². The molecule has 0 aromatic carbocycles. The van der Waals surface area contributed by atoms with Crippen molar-refractivity contribution in [2.24, 2.45) is 0 Å². The summed E-state index contributed by atoms with van der Waals surface area (Å²) in [6.45, 7) is 3.74. The second-order valence-corrected chi connectivity index (χ2v) is 9.57.